The van der Waals surface area contributed by atoms with Crippen molar-refractivity contribution in [3.8, 4) is 0 Å². The van der Waals surface area contributed by atoms with E-state index < -0.39 is 17.5 Å². The van der Waals surface area contributed by atoms with Crippen molar-refractivity contribution in [1.82, 2.24) is 4.90 Å². The first-order chi connectivity index (χ1) is 27.2. The van der Waals surface area contributed by atoms with Crippen molar-refractivity contribution in [1.29, 1.82) is 0 Å². The molecule has 8 nitrogen and oxygen atoms in total. The molecule has 330 valence electrons. The van der Waals surface area contributed by atoms with Crippen LogP contribution in [0.1, 0.15) is 250 Å². The molecular weight excluding hydrogens is 703 g/mol. The second kappa shape index (κ2) is 37.6. The highest BCUT2D eigenvalue weighted by Gasteiger charge is 2.26. The third kappa shape index (κ3) is 34.4. The van der Waals surface area contributed by atoms with Gasteiger partial charge in [-0.15, -0.1) is 0 Å². The molecule has 0 amide bonds. The molecule has 0 saturated carbocycles. The summed E-state index contributed by atoms with van der Waals surface area (Å²) in [4.78, 5) is 36.0. The highest BCUT2D eigenvalue weighted by Crippen LogP contribution is 2.29. The van der Waals surface area contributed by atoms with Gasteiger partial charge in [-0.3, -0.25) is 14.4 Å². The number of ether oxygens (including phenoxy) is 1. The van der Waals surface area contributed by atoms with Crippen LogP contribution in [0.4, 0.5) is 0 Å². The molecule has 0 aromatic rings. The van der Waals surface area contributed by atoms with Gasteiger partial charge in [-0.25, -0.2) is 0 Å². The number of hydrogen-bond acceptors (Lipinski definition) is 6. The molecule has 1 saturated heterocycles. The highest BCUT2D eigenvalue weighted by atomic mass is 16.5. The molecule has 0 unspecified atom stereocenters. The number of rotatable bonds is 42. The predicted octanol–water partition coefficient (Wildman–Crippen LogP) is 13.2. The van der Waals surface area contributed by atoms with E-state index in [1.807, 2.05) is 0 Å². The number of hydrogen-bond donors (Lipinski definition) is 3. The summed E-state index contributed by atoms with van der Waals surface area (Å²) in [5.41, 5.74) is -0.588. The monoisotopic (exact) mass is 794 g/mol. The summed E-state index contributed by atoms with van der Waals surface area (Å²) in [5, 5.41) is 29.2. The molecule has 0 aromatic heterocycles. The summed E-state index contributed by atoms with van der Waals surface area (Å²) in [7, 11) is 2.11. The van der Waals surface area contributed by atoms with Crippen molar-refractivity contribution in [3.63, 3.8) is 0 Å². The van der Waals surface area contributed by atoms with Crippen LogP contribution in [0.2, 0.25) is 0 Å². The van der Waals surface area contributed by atoms with Gasteiger partial charge in [-0.1, -0.05) is 180 Å². The predicted molar refractivity (Wildman–Crippen MR) is 232 cm³/mol. The summed E-state index contributed by atoms with van der Waals surface area (Å²) >= 11 is 0. The van der Waals surface area contributed by atoms with Crippen LogP contribution in [0.25, 0.3) is 0 Å². The largest absolute Gasteiger partial charge is 0.481 e. The van der Waals surface area contributed by atoms with Crippen LogP contribution >= 0.6 is 0 Å². The second-order valence-corrected chi connectivity index (χ2v) is 17.8. The Morgan fingerprint density at radius 1 is 0.464 bits per heavy atom. The van der Waals surface area contributed by atoms with Crippen LogP contribution in [0.15, 0.2) is 0 Å². The van der Waals surface area contributed by atoms with Crippen molar-refractivity contribution in [3.05, 3.63) is 0 Å². The first-order valence-electron chi connectivity index (χ1n) is 24.2. The lowest BCUT2D eigenvalue weighted by atomic mass is 9.85. The molecule has 1 heterocycles. The van der Waals surface area contributed by atoms with Gasteiger partial charge in [0.1, 0.15) is 0 Å². The molecule has 0 atom stereocenters. The van der Waals surface area contributed by atoms with Crippen LogP contribution < -0.4 is 0 Å². The maximum absolute atomic E-state index is 12.5. The van der Waals surface area contributed by atoms with Crippen LogP contribution in [0.5, 0.6) is 0 Å². The molecule has 3 N–H and O–H groups in total. The van der Waals surface area contributed by atoms with Crippen molar-refractivity contribution in [2.75, 3.05) is 26.7 Å². The van der Waals surface area contributed by atoms with Crippen LogP contribution in [0, 0.1) is 5.92 Å². The summed E-state index contributed by atoms with van der Waals surface area (Å²) in [6.07, 6.45) is 43.6. The molecule has 0 bridgehead atoms. The number of aliphatic hydroxyl groups is 1. The Hall–Kier alpha value is -1.67. The summed E-state index contributed by atoms with van der Waals surface area (Å²) < 4.78 is 5.66. The Labute approximate surface area is 345 Å². The van der Waals surface area contributed by atoms with E-state index in [2.05, 4.69) is 11.9 Å². The standard InChI is InChI=1S/C48H91NO7/c1-49-41-36-44(37-42-49)47(54)56-43-33-32-40-48(55,38-30-26-22-18-14-10-6-2-4-8-12-16-20-24-28-34-45(50)51)39-31-27-23-19-15-11-7-3-5-9-13-17-21-25-29-35-46(52)53/h44,55H,2-43H2,1H3,(H,50,51)(H,52,53). The van der Waals surface area contributed by atoms with Crippen molar-refractivity contribution < 1.29 is 34.4 Å². The number of carboxylic acid groups (broad SMARTS) is 2. The zero-order valence-corrected chi connectivity index (χ0v) is 36.7. The normalized spacial score (nSPS) is 14.0. The number of carboxylic acids is 2. The van der Waals surface area contributed by atoms with Gasteiger partial charge >= 0.3 is 17.9 Å². The van der Waals surface area contributed by atoms with E-state index in [9.17, 15) is 19.5 Å². The first-order valence-corrected chi connectivity index (χ1v) is 24.2. The van der Waals surface area contributed by atoms with Gasteiger partial charge < -0.3 is 25.0 Å². The fourth-order valence-corrected chi connectivity index (χ4v) is 8.52. The molecular formula is C48H91NO7. The minimum atomic E-state index is -0.673. The van der Waals surface area contributed by atoms with E-state index in [-0.39, 0.29) is 11.9 Å². The topological polar surface area (TPSA) is 124 Å². The minimum absolute atomic E-state index is 0.0232. The van der Waals surface area contributed by atoms with E-state index in [1.54, 1.807) is 0 Å². The number of aliphatic carboxylic acids is 2. The number of esters is 1. The lowest BCUT2D eigenvalue weighted by Gasteiger charge is -2.29. The molecule has 8 heteroatoms. The molecule has 0 aliphatic carbocycles. The zero-order valence-electron chi connectivity index (χ0n) is 36.7. The van der Waals surface area contributed by atoms with Gasteiger partial charge in [0.05, 0.1) is 18.1 Å². The molecule has 56 heavy (non-hydrogen) atoms. The Balaban J connectivity index is 2.16. The lowest BCUT2D eigenvalue weighted by molar-refractivity contribution is -0.150. The van der Waals surface area contributed by atoms with Crippen molar-refractivity contribution in [2.45, 2.75) is 256 Å². The molecule has 1 aliphatic heterocycles. The average Bonchev–Trinajstić information content (AvgIpc) is 3.17. The Morgan fingerprint density at radius 3 is 1.04 bits per heavy atom. The SMILES string of the molecule is CN1CCC(C(=O)OCCCCC(O)(CCCCCCCCCCCCCCCCCC(=O)O)CCCCCCCCCCCCCCCCCC(=O)O)CC1. The summed E-state index contributed by atoms with van der Waals surface area (Å²) in [6.45, 7) is 2.42. The van der Waals surface area contributed by atoms with E-state index >= 15 is 0 Å². The average molecular weight is 794 g/mol. The number of unbranched alkanes of at least 4 members (excludes halogenated alkanes) is 29. The fourth-order valence-electron chi connectivity index (χ4n) is 8.52. The molecule has 0 spiro atoms. The third-order valence-electron chi connectivity index (χ3n) is 12.4. The number of nitrogens with zero attached hydrogens (tertiary/aromatic N) is 1. The second-order valence-electron chi connectivity index (χ2n) is 17.8. The molecule has 1 rings (SSSR count). The highest BCUT2D eigenvalue weighted by molar-refractivity contribution is 5.72. The maximum atomic E-state index is 12.5. The summed E-state index contributed by atoms with van der Waals surface area (Å²) in [6, 6.07) is 0. The van der Waals surface area contributed by atoms with Gasteiger partial charge in [0.2, 0.25) is 0 Å². The molecule has 0 radical (unpaired) electrons. The van der Waals surface area contributed by atoms with Crippen molar-refractivity contribution >= 4 is 17.9 Å². The third-order valence-corrected chi connectivity index (χ3v) is 12.4. The van der Waals surface area contributed by atoms with Gasteiger partial charge in [0.25, 0.3) is 0 Å². The number of carbonyl (C=O) groups is 3. The quantitative estimate of drug-likeness (QED) is 0.0412. The number of piperidine rings is 1. The van der Waals surface area contributed by atoms with Gasteiger partial charge in [-0.05, 0) is 77.9 Å². The Kier molecular flexibility index (Phi) is 35.1. The van der Waals surface area contributed by atoms with Crippen molar-refractivity contribution in [2.24, 2.45) is 5.92 Å². The Bertz CT molecular complexity index is 871. The van der Waals surface area contributed by atoms with E-state index in [0.29, 0.717) is 19.4 Å². The number of carbonyl (C=O) groups excluding carboxylic acids is 1. The van der Waals surface area contributed by atoms with Gasteiger partial charge in [0.15, 0.2) is 0 Å². The van der Waals surface area contributed by atoms with Gasteiger partial charge in [0, 0.05) is 12.8 Å². The number of likely N-dealkylation sites (tertiary alicyclic amines) is 1. The van der Waals surface area contributed by atoms with E-state index in [4.69, 9.17) is 14.9 Å². The zero-order chi connectivity index (χ0) is 40.8. The van der Waals surface area contributed by atoms with Crippen LogP contribution in [-0.4, -0.2) is 70.5 Å². The minimum Gasteiger partial charge on any atom is -0.481 e. The van der Waals surface area contributed by atoms with E-state index in [0.717, 1.165) is 96.6 Å². The van der Waals surface area contributed by atoms with E-state index in [1.165, 1.54) is 154 Å². The maximum Gasteiger partial charge on any atom is 0.309 e. The van der Waals surface area contributed by atoms with Crippen LogP contribution in [-0.2, 0) is 19.1 Å². The summed E-state index contributed by atoms with van der Waals surface area (Å²) in [5.74, 6) is -1.31. The lowest BCUT2D eigenvalue weighted by Crippen LogP contribution is -2.34. The van der Waals surface area contributed by atoms with Crippen LogP contribution in [0.3, 0.4) is 0 Å². The molecule has 1 fully saturated rings. The fraction of sp³-hybridized carbons (Fsp3) is 0.938. The smallest absolute Gasteiger partial charge is 0.309 e. The Morgan fingerprint density at radius 2 is 0.732 bits per heavy atom. The molecule has 0 aromatic carbocycles. The van der Waals surface area contributed by atoms with Gasteiger partial charge in [-0.2, -0.15) is 0 Å². The molecule has 1 aliphatic rings. The first kappa shape index (κ1) is 52.3.